The van der Waals surface area contributed by atoms with Crippen molar-refractivity contribution in [2.45, 2.75) is 26.8 Å². The Labute approximate surface area is 213 Å². The Hall–Kier alpha value is -4.51. The molecule has 0 fully saturated rings. The van der Waals surface area contributed by atoms with Crippen LogP contribution in [0.1, 0.15) is 18.1 Å². The van der Waals surface area contributed by atoms with E-state index in [-0.39, 0.29) is 12.0 Å². The van der Waals surface area contributed by atoms with E-state index in [1.807, 2.05) is 68.9 Å². The lowest BCUT2D eigenvalue weighted by atomic mass is 9.93. The number of nitrogens with zero attached hydrogens (tertiary/aromatic N) is 4. The van der Waals surface area contributed by atoms with Crippen molar-refractivity contribution in [3.63, 3.8) is 0 Å². The van der Waals surface area contributed by atoms with Crippen molar-refractivity contribution in [3.8, 4) is 28.8 Å². The third-order valence-corrected chi connectivity index (χ3v) is 6.46. The number of aromatic nitrogens is 3. The third kappa shape index (κ3) is 4.81. The second-order valence-corrected chi connectivity index (χ2v) is 9.33. The first-order valence-electron chi connectivity index (χ1n) is 11.9. The van der Waals surface area contributed by atoms with Crippen LogP contribution in [0, 0.1) is 42.7 Å². The van der Waals surface area contributed by atoms with E-state index in [9.17, 15) is 8.78 Å². The second kappa shape index (κ2) is 9.51. The number of aryl methyl sites for hydroxylation is 3. The van der Waals surface area contributed by atoms with Gasteiger partial charge in [-0.25, -0.2) is 13.8 Å². The van der Waals surface area contributed by atoms with Gasteiger partial charge in [0.2, 0.25) is 11.8 Å². The van der Waals surface area contributed by atoms with Crippen LogP contribution in [0.3, 0.4) is 0 Å². The quantitative estimate of drug-likeness (QED) is 0.330. The maximum atomic E-state index is 13.8. The standard InChI is InChI=1S/C29H25F2N5O/c1-16-9-19(15-32)5-6-24(16)33-29-34-25-7-8-36(4)26(25)28(35-29)37-27-17(2)10-20(11-18(27)3)21-12-22(30)14-23(31)13-21/h5-14,16,24H,1-4H3,(H,33,34,35). The van der Waals surface area contributed by atoms with Crippen molar-refractivity contribution in [3.05, 3.63) is 89.2 Å². The van der Waals surface area contributed by atoms with Crippen LogP contribution >= 0.6 is 0 Å². The van der Waals surface area contributed by atoms with E-state index in [1.54, 1.807) is 6.08 Å². The average Bonchev–Trinajstić information content (AvgIpc) is 3.22. The van der Waals surface area contributed by atoms with E-state index < -0.39 is 11.6 Å². The van der Waals surface area contributed by atoms with Gasteiger partial charge in [0.1, 0.15) is 22.9 Å². The molecule has 0 aliphatic heterocycles. The van der Waals surface area contributed by atoms with Crippen molar-refractivity contribution in [2.24, 2.45) is 13.0 Å². The lowest BCUT2D eigenvalue weighted by Gasteiger charge is -2.23. The zero-order valence-corrected chi connectivity index (χ0v) is 20.9. The molecule has 0 bridgehead atoms. The summed E-state index contributed by atoms with van der Waals surface area (Å²) in [4.78, 5) is 9.37. The summed E-state index contributed by atoms with van der Waals surface area (Å²) in [6.45, 7) is 5.80. The number of hydrogen-bond acceptors (Lipinski definition) is 5. The molecule has 0 amide bonds. The van der Waals surface area contributed by atoms with Gasteiger partial charge in [-0.15, -0.1) is 0 Å². The van der Waals surface area contributed by atoms with Gasteiger partial charge in [-0.2, -0.15) is 10.2 Å². The lowest BCUT2D eigenvalue weighted by Crippen LogP contribution is -2.27. The van der Waals surface area contributed by atoms with Gasteiger partial charge < -0.3 is 14.6 Å². The molecule has 5 rings (SSSR count). The predicted molar refractivity (Wildman–Crippen MR) is 139 cm³/mol. The minimum Gasteiger partial charge on any atom is -0.436 e. The van der Waals surface area contributed by atoms with Crippen molar-refractivity contribution < 1.29 is 13.5 Å². The summed E-state index contributed by atoms with van der Waals surface area (Å²) in [5, 5.41) is 12.5. The first-order chi connectivity index (χ1) is 17.7. The third-order valence-electron chi connectivity index (χ3n) is 6.46. The number of rotatable bonds is 5. The zero-order valence-electron chi connectivity index (χ0n) is 20.9. The summed E-state index contributed by atoms with van der Waals surface area (Å²) in [7, 11) is 1.90. The fourth-order valence-electron chi connectivity index (χ4n) is 4.61. The molecule has 1 aliphatic rings. The van der Waals surface area contributed by atoms with Crippen LogP contribution in [0.5, 0.6) is 11.6 Å². The fourth-order valence-corrected chi connectivity index (χ4v) is 4.61. The largest absolute Gasteiger partial charge is 0.436 e. The molecule has 0 saturated carbocycles. The smallest absolute Gasteiger partial charge is 0.249 e. The van der Waals surface area contributed by atoms with Crippen LogP contribution in [-0.4, -0.2) is 20.6 Å². The number of halogens is 2. The van der Waals surface area contributed by atoms with Crippen molar-refractivity contribution in [2.75, 3.05) is 5.32 Å². The maximum Gasteiger partial charge on any atom is 0.249 e. The molecule has 6 nitrogen and oxygen atoms in total. The number of nitrogens with one attached hydrogen (secondary N) is 1. The molecule has 2 heterocycles. The number of hydrogen-bond donors (Lipinski definition) is 1. The van der Waals surface area contributed by atoms with Gasteiger partial charge in [0.05, 0.1) is 17.6 Å². The summed E-state index contributed by atoms with van der Waals surface area (Å²) in [5.74, 6) is 0.227. The number of nitriles is 1. The van der Waals surface area contributed by atoms with Crippen molar-refractivity contribution >= 4 is 17.0 Å². The summed E-state index contributed by atoms with van der Waals surface area (Å²) >= 11 is 0. The Morgan fingerprint density at radius 3 is 2.35 bits per heavy atom. The molecule has 8 heteroatoms. The van der Waals surface area contributed by atoms with Crippen molar-refractivity contribution in [1.82, 2.24) is 14.5 Å². The van der Waals surface area contributed by atoms with Crippen LogP contribution in [0.25, 0.3) is 22.2 Å². The number of allylic oxidation sites excluding steroid dienone is 2. The maximum absolute atomic E-state index is 13.8. The van der Waals surface area contributed by atoms with E-state index in [0.717, 1.165) is 28.2 Å². The number of anilines is 1. The Bertz CT molecular complexity index is 1590. The van der Waals surface area contributed by atoms with Gasteiger partial charge in [-0.1, -0.05) is 19.1 Å². The van der Waals surface area contributed by atoms with Crippen LogP contribution in [0.2, 0.25) is 0 Å². The highest BCUT2D eigenvalue weighted by Crippen LogP contribution is 2.36. The second-order valence-electron chi connectivity index (χ2n) is 9.33. The van der Waals surface area contributed by atoms with Gasteiger partial charge in [0, 0.05) is 24.9 Å². The molecular weight excluding hydrogens is 472 g/mol. The highest BCUT2D eigenvalue weighted by Gasteiger charge is 2.21. The van der Waals surface area contributed by atoms with E-state index in [2.05, 4.69) is 16.4 Å². The molecule has 37 heavy (non-hydrogen) atoms. The van der Waals surface area contributed by atoms with Crippen LogP contribution in [0.4, 0.5) is 14.7 Å². The van der Waals surface area contributed by atoms with Crippen molar-refractivity contribution in [1.29, 1.82) is 5.26 Å². The van der Waals surface area contributed by atoms with E-state index in [0.29, 0.717) is 34.3 Å². The fraction of sp³-hybridized carbons (Fsp3) is 0.207. The Kier molecular flexibility index (Phi) is 6.22. The Morgan fingerprint density at radius 2 is 1.70 bits per heavy atom. The number of ether oxygens (including phenoxy) is 1. The normalized spacial score (nSPS) is 16.9. The SMILES string of the molecule is Cc1cc(-c2cc(F)cc(F)c2)cc(C)c1Oc1nc(NC2C=CC(C#N)=CC2C)nc2ccn(C)c12. The molecular formula is C29H25F2N5O. The zero-order chi connectivity index (χ0) is 26.3. The number of benzene rings is 2. The monoisotopic (exact) mass is 497 g/mol. The van der Waals surface area contributed by atoms with Crippen LogP contribution in [-0.2, 0) is 7.05 Å². The van der Waals surface area contributed by atoms with E-state index in [1.165, 1.54) is 12.1 Å². The Morgan fingerprint density at radius 1 is 1.03 bits per heavy atom. The average molecular weight is 498 g/mol. The molecule has 0 spiro atoms. The predicted octanol–water partition coefficient (Wildman–Crippen LogP) is 6.76. The summed E-state index contributed by atoms with van der Waals surface area (Å²) in [5.41, 5.74) is 4.83. The van der Waals surface area contributed by atoms with E-state index in [4.69, 9.17) is 15.0 Å². The summed E-state index contributed by atoms with van der Waals surface area (Å²) in [6, 6.07) is 11.1. The minimum atomic E-state index is -0.626. The minimum absolute atomic E-state index is 0.0729. The summed E-state index contributed by atoms with van der Waals surface area (Å²) < 4.78 is 35.9. The van der Waals surface area contributed by atoms with Crippen LogP contribution in [0.15, 0.2) is 66.4 Å². The molecule has 186 valence electrons. The first kappa shape index (κ1) is 24.2. The van der Waals surface area contributed by atoms with Crippen LogP contribution < -0.4 is 10.1 Å². The van der Waals surface area contributed by atoms with Gasteiger partial charge in [0.15, 0.2) is 0 Å². The molecule has 2 aromatic carbocycles. The highest BCUT2D eigenvalue weighted by atomic mass is 19.1. The lowest BCUT2D eigenvalue weighted by molar-refractivity contribution is 0.459. The molecule has 2 aromatic heterocycles. The first-order valence-corrected chi connectivity index (χ1v) is 11.9. The molecule has 4 aromatic rings. The number of fused-ring (bicyclic) bond motifs is 1. The topological polar surface area (TPSA) is 75.8 Å². The highest BCUT2D eigenvalue weighted by molar-refractivity contribution is 5.82. The molecule has 2 atom stereocenters. The van der Waals surface area contributed by atoms with Gasteiger partial charge in [-0.3, -0.25) is 0 Å². The molecule has 2 unspecified atom stereocenters. The van der Waals surface area contributed by atoms with Gasteiger partial charge in [0.25, 0.3) is 0 Å². The van der Waals surface area contributed by atoms with Gasteiger partial charge in [-0.05, 0) is 78.4 Å². The Balaban J connectivity index is 1.50. The van der Waals surface area contributed by atoms with E-state index >= 15 is 0 Å². The van der Waals surface area contributed by atoms with Gasteiger partial charge >= 0.3 is 0 Å². The summed E-state index contributed by atoms with van der Waals surface area (Å²) in [6.07, 6.45) is 7.52. The molecule has 1 N–H and O–H groups in total. The molecule has 1 aliphatic carbocycles. The molecule has 0 saturated heterocycles. The molecule has 0 radical (unpaired) electrons.